The van der Waals surface area contributed by atoms with Gasteiger partial charge in [0.15, 0.2) is 5.58 Å². The number of piperidine rings is 1. The number of aromatic nitrogens is 1. The Hall–Kier alpha value is -2.25. The molecule has 0 saturated carbocycles. The number of halogens is 1. The SMILES string of the molecule is CC(=O)N1CCc2sc(CCN3CCC(c4noc5cc(F)ccc45)CC3)cc2C1. The van der Waals surface area contributed by atoms with E-state index < -0.39 is 0 Å². The van der Waals surface area contributed by atoms with Gasteiger partial charge in [-0.2, -0.15) is 0 Å². The number of nitrogens with zero attached hydrogens (tertiary/aromatic N) is 3. The summed E-state index contributed by atoms with van der Waals surface area (Å²) >= 11 is 1.92. The molecule has 1 aromatic carbocycles. The Labute approximate surface area is 179 Å². The monoisotopic (exact) mass is 427 g/mol. The fourth-order valence-corrected chi connectivity index (χ4v) is 5.87. The molecule has 1 fully saturated rings. The molecule has 5 nitrogen and oxygen atoms in total. The maximum atomic E-state index is 13.4. The van der Waals surface area contributed by atoms with Gasteiger partial charge in [-0.05, 0) is 62.5 Å². The van der Waals surface area contributed by atoms with E-state index in [4.69, 9.17) is 4.52 Å². The second-order valence-corrected chi connectivity index (χ2v) is 9.65. The molecule has 1 amide bonds. The van der Waals surface area contributed by atoms with Crippen LogP contribution in [-0.4, -0.2) is 47.0 Å². The molecule has 158 valence electrons. The summed E-state index contributed by atoms with van der Waals surface area (Å²) in [6.45, 7) is 6.42. The third-order valence-electron chi connectivity index (χ3n) is 6.47. The first-order valence-corrected chi connectivity index (χ1v) is 11.5. The summed E-state index contributed by atoms with van der Waals surface area (Å²) in [6, 6.07) is 6.99. The van der Waals surface area contributed by atoms with E-state index in [0.717, 1.165) is 69.5 Å². The quantitative estimate of drug-likeness (QED) is 0.621. The molecule has 7 heteroatoms. The molecular formula is C23H26FN3O2S. The number of benzene rings is 1. The number of hydrogen-bond donors (Lipinski definition) is 0. The van der Waals surface area contributed by atoms with Crippen LogP contribution < -0.4 is 0 Å². The Morgan fingerprint density at radius 3 is 2.90 bits per heavy atom. The minimum absolute atomic E-state index is 0.168. The van der Waals surface area contributed by atoms with Crippen LogP contribution >= 0.6 is 11.3 Å². The molecule has 0 bridgehead atoms. The summed E-state index contributed by atoms with van der Waals surface area (Å²) in [7, 11) is 0. The summed E-state index contributed by atoms with van der Waals surface area (Å²) in [4.78, 5) is 19.0. The maximum Gasteiger partial charge on any atom is 0.219 e. The molecule has 1 saturated heterocycles. The molecule has 3 aromatic rings. The van der Waals surface area contributed by atoms with E-state index in [0.29, 0.717) is 11.5 Å². The van der Waals surface area contributed by atoms with Crippen LogP contribution in [0.4, 0.5) is 4.39 Å². The normalized spacial score (nSPS) is 18.1. The van der Waals surface area contributed by atoms with Crippen LogP contribution in [0.2, 0.25) is 0 Å². The zero-order chi connectivity index (χ0) is 20.7. The van der Waals surface area contributed by atoms with E-state index in [1.807, 2.05) is 16.2 Å². The smallest absolute Gasteiger partial charge is 0.219 e. The molecular weight excluding hydrogens is 401 g/mol. The van der Waals surface area contributed by atoms with E-state index in [1.165, 1.54) is 27.5 Å². The van der Waals surface area contributed by atoms with Gasteiger partial charge < -0.3 is 14.3 Å². The van der Waals surface area contributed by atoms with Gasteiger partial charge >= 0.3 is 0 Å². The lowest BCUT2D eigenvalue weighted by molar-refractivity contribution is -0.129. The van der Waals surface area contributed by atoms with E-state index >= 15 is 0 Å². The average molecular weight is 428 g/mol. The predicted octanol–water partition coefficient (Wildman–Crippen LogP) is 4.36. The fourth-order valence-electron chi connectivity index (χ4n) is 4.71. The van der Waals surface area contributed by atoms with Crippen LogP contribution in [0, 0.1) is 5.82 Å². The van der Waals surface area contributed by atoms with Crippen LogP contribution in [0.1, 0.15) is 46.7 Å². The Morgan fingerprint density at radius 2 is 2.10 bits per heavy atom. The second kappa shape index (κ2) is 8.12. The Kier molecular flexibility index (Phi) is 5.33. The standard InChI is InChI=1S/C23H26FN3O2S/c1-15(28)27-11-7-22-17(14-27)12-19(30-22)6-10-26-8-4-16(5-9-26)23-20-3-2-18(24)13-21(20)29-25-23/h2-3,12-13,16H,4-11,14H2,1H3. The lowest BCUT2D eigenvalue weighted by atomic mass is 9.91. The molecule has 0 radical (unpaired) electrons. The van der Waals surface area contributed by atoms with Crippen molar-refractivity contribution in [1.29, 1.82) is 0 Å². The minimum Gasteiger partial charge on any atom is -0.356 e. The summed E-state index contributed by atoms with van der Waals surface area (Å²) < 4.78 is 18.7. The van der Waals surface area contributed by atoms with Crippen LogP contribution in [0.5, 0.6) is 0 Å². The Balaban J connectivity index is 1.16. The van der Waals surface area contributed by atoms with E-state index in [9.17, 15) is 9.18 Å². The van der Waals surface area contributed by atoms with E-state index in [-0.39, 0.29) is 11.7 Å². The van der Waals surface area contributed by atoms with E-state index in [2.05, 4.69) is 16.1 Å². The van der Waals surface area contributed by atoms with Crippen molar-refractivity contribution in [3.8, 4) is 0 Å². The van der Waals surface area contributed by atoms with Crippen molar-refractivity contribution in [2.45, 2.75) is 45.1 Å². The molecule has 4 heterocycles. The van der Waals surface area contributed by atoms with E-state index in [1.54, 1.807) is 13.0 Å². The van der Waals surface area contributed by atoms with Gasteiger partial charge in [0.25, 0.3) is 0 Å². The number of likely N-dealkylation sites (tertiary alicyclic amines) is 1. The number of thiophene rings is 1. The highest BCUT2D eigenvalue weighted by atomic mass is 32.1. The zero-order valence-electron chi connectivity index (χ0n) is 17.2. The van der Waals surface area contributed by atoms with Crippen LogP contribution in [-0.2, 0) is 24.2 Å². The van der Waals surface area contributed by atoms with Gasteiger partial charge in [-0.1, -0.05) is 5.16 Å². The van der Waals surface area contributed by atoms with Gasteiger partial charge in [0, 0.05) is 53.7 Å². The summed E-state index contributed by atoms with van der Waals surface area (Å²) in [5, 5.41) is 5.19. The summed E-state index contributed by atoms with van der Waals surface area (Å²) in [5.74, 6) is 0.255. The molecule has 0 N–H and O–H groups in total. The fraction of sp³-hybridized carbons (Fsp3) is 0.478. The molecule has 0 aliphatic carbocycles. The molecule has 2 aliphatic heterocycles. The number of hydrogen-bond acceptors (Lipinski definition) is 5. The lowest BCUT2D eigenvalue weighted by Gasteiger charge is -2.31. The molecule has 2 aliphatic rings. The first-order chi connectivity index (χ1) is 14.6. The van der Waals surface area contributed by atoms with Gasteiger partial charge in [-0.15, -0.1) is 11.3 Å². The highest BCUT2D eigenvalue weighted by Gasteiger charge is 2.26. The Morgan fingerprint density at radius 1 is 1.27 bits per heavy atom. The molecule has 30 heavy (non-hydrogen) atoms. The lowest BCUT2D eigenvalue weighted by Crippen LogP contribution is -2.34. The van der Waals surface area contributed by atoms with Crippen molar-refractivity contribution in [3.63, 3.8) is 0 Å². The van der Waals surface area contributed by atoms with Crippen LogP contribution in [0.15, 0.2) is 28.8 Å². The third kappa shape index (κ3) is 3.88. The molecule has 0 unspecified atom stereocenters. The van der Waals surface area contributed by atoms with Gasteiger partial charge in [0.1, 0.15) is 5.82 Å². The molecule has 0 atom stereocenters. The minimum atomic E-state index is -0.288. The summed E-state index contributed by atoms with van der Waals surface area (Å²) in [5.41, 5.74) is 2.85. The molecule has 0 spiro atoms. The summed E-state index contributed by atoms with van der Waals surface area (Å²) in [6.07, 6.45) is 4.15. The topological polar surface area (TPSA) is 49.6 Å². The van der Waals surface area contributed by atoms with Crippen molar-refractivity contribution in [2.24, 2.45) is 0 Å². The Bertz CT molecular complexity index is 1070. The number of rotatable bonds is 4. The first kappa shape index (κ1) is 19.7. The van der Waals surface area contributed by atoms with Gasteiger partial charge in [-0.25, -0.2) is 4.39 Å². The van der Waals surface area contributed by atoms with Crippen molar-refractivity contribution < 1.29 is 13.7 Å². The number of carbonyl (C=O) groups excluding carboxylic acids is 1. The van der Waals surface area contributed by atoms with Crippen LogP contribution in [0.3, 0.4) is 0 Å². The predicted molar refractivity (Wildman–Crippen MR) is 115 cm³/mol. The number of fused-ring (bicyclic) bond motifs is 2. The number of carbonyl (C=O) groups is 1. The van der Waals surface area contributed by atoms with Crippen molar-refractivity contribution >= 4 is 28.2 Å². The van der Waals surface area contributed by atoms with Gasteiger partial charge in [-0.3, -0.25) is 4.79 Å². The highest BCUT2D eigenvalue weighted by Crippen LogP contribution is 2.33. The zero-order valence-corrected chi connectivity index (χ0v) is 18.0. The largest absolute Gasteiger partial charge is 0.356 e. The van der Waals surface area contributed by atoms with Crippen molar-refractivity contribution in [1.82, 2.24) is 15.0 Å². The third-order valence-corrected chi connectivity index (χ3v) is 7.77. The van der Waals surface area contributed by atoms with Crippen LogP contribution in [0.25, 0.3) is 11.0 Å². The molecule has 2 aromatic heterocycles. The van der Waals surface area contributed by atoms with Gasteiger partial charge in [0.2, 0.25) is 5.91 Å². The number of amides is 1. The van der Waals surface area contributed by atoms with Crippen molar-refractivity contribution in [2.75, 3.05) is 26.2 Å². The van der Waals surface area contributed by atoms with Gasteiger partial charge in [0.05, 0.1) is 5.69 Å². The average Bonchev–Trinajstić information content (AvgIpc) is 3.35. The van der Waals surface area contributed by atoms with Crippen molar-refractivity contribution in [3.05, 3.63) is 51.1 Å². The maximum absolute atomic E-state index is 13.4. The second-order valence-electron chi connectivity index (χ2n) is 8.43. The highest BCUT2D eigenvalue weighted by molar-refractivity contribution is 7.12. The first-order valence-electron chi connectivity index (χ1n) is 10.7. The molecule has 5 rings (SSSR count).